The molecule has 0 aromatic heterocycles. The lowest BCUT2D eigenvalue weighted by Gasteiger charge is -2.28. The van der Waals surface area contributed by atoms with E-state index in [1.807, 2.05) is 60.9 Å². The van der Waals surface area contributed by atoms with Gasteiger partial charge in [-0.1, -0.05) is 30.3 Å². The number of likely N-dealkylation sites (tertiary alicyclic amines) is 1. The van der Waals surface area contributed by atoms with E-state index in [-0.39, 0.29) is 24.5 Å². The molecule has 0 aliphatic carbocycles. The average Bonchev–Trinajstić information content (AvgIpc) is 2.82. The van der Waals surface area contributed by atoms with Crippen LogP contribution in [0, 0.1) is 0 Å². The Morgan fingerprint density at radius 3 is 2.34 bits per heavy atom. The van der Waals surface area contributed by atoms with Crippen LogP contribution in [-0.2, 0) is 11.3 Å². The highest BCUT2D eigenvalue weighted by Gasteiger charge is 2.22. The molecule has 1 aliphatic heterocycles. The molecule has 2 aromatic rings. The van der Waals surface area contributed by atoms with Gasteiger partial charge in [-0.2, -0.15) is 0 Å². The Kier molecular flexibility index (Phi) is 8.54. The molecule has 0 N–H and O–H groups in total. The molecule has 0 unspecified atom stereocenters. The summed E-state index contributed by atoms with van der Waals surface area (Å²) in [6, 6.07) is 15.2. The fraction of sp³-hybridized carbons (Fsp3) is 0.462. The topological polar surface area (TPSA) is 59.1 Å². The van der Waals surface area contributed by atoms with Crippen molar-refractivity contribution in [3.8, 4) is 11.5 Å². The van der Waals surface area contributed by atoms with E-state index in [4.69, 9.17) is 9.47 Å². The van der Waals surface area contributed by atoms with Crippen LogP contribution < -0.4 is 9.47 Å². The minimum Gasteiger partial charge on any atom is -0.490 e. The minimum atomic E-state index is -0.0688. The second kappa shape index (κ2) is 11.6. The molecule has 0 radical (unpaired) electrons. The lowest BCUT2D eigenvalue weighted by atomic mass is 10.1. The first kappa shape index (κ1) is 23.6. The second-order valence-corrected chi connectivity index (χ2v) is 8.34. The first-order valence-corrected chi connectivity index (χ1v) is 11.5. The summed E-state index contributed by atoms with van der Waals surface area (Å²) >= 11 is 0. The van der Waals surface area contributed by atoms with Crippen molar-refractivity contribution in [3.63, 3.8) is 0 Å². The summed E-state index contributed by atoms with van der Waals surface area (Å²) in [6.45, 7) is 8.42. The number of carbonyl (C=O) groups is 2. The fourth-order valence-corrected chi connectivity index (χ4v) is 3.84. The predicted octanol–water partition coefficient (Wildman–Crippen LogP) is 4.53. The molecule has 172 valence electrons. The first-order chi connectivity index (χ1) is 15.5. The largest absolute Gasteiger partial charge is 0.490 e. The maximum atomic E-state index is 13.3. The van der Waals surface area contributed by atoms with E-state index in [1.54, 1.807) is 18.2 Å². The monoisotopic (exact) mass is 438 g/mol. The molecule has 0 bridgehead atoms. The highest BCUT2D eigenvalue weighted by molar-refractivity contribution is 5.95. The Balaban J connectivity index is 1.73. The zero-order valence-corrected chi connectivity index (χ0v) is 19.4. The molecule has 2 amide bonds. The van der Waals surface area contributed by atoms with Crippen LogP contribution >= 0.6 is 0 Å². The van der Waals surface area contributed by atoms with E-state index in [1.165, 1.54) is 6.42 Å². The molecule has 3 rings (SSSR count). The van der Waals surface area contributed by atoms with Gasteiger partial charge in [0.2, 0.25) is 0 Å². The van der Waals surface area contributed by atoms with Gasteiger partial charge >= 0.3 is 0 Å². The summed E-state index contributed by atoms with van der Waals surface area (Å²) in [6.07, 6.45) is 3.26. The van der Waals surface area contributed by atoms with Gasteiger partial charge < -0.3 is 19.3 Å². The molecule has 0 spiro atoms. The summed E-state index contributed by atoms with van der Waals surface area (Å²) in [5.41, 5.74) is 1.61. The predicted molar refractivity (Wildman–Crippen MR) is 125 cm³/mol. The zero-order chi connectivity index (χ0) is 22.9. The molecule has 1 aliphatic rings. The van der Waals surface area contributed by atoms with Crippen LogP contribution in [0.1, 0.15) is 56.0 Å². The third kappa shape index (κ3) is 6.25. The van der Waals surface area contributed by atoms with Crippen LogP contribution in [0.15, 0.2) is 48.5 Å². The van der Waals surface area contributed by atoms with E-state index < -0.39 is 0 Å². The number of rotatable bonds is 9. The quantitative estimate of drug-likeness (QED) is 0.577. The van der Waals surface area contributed by atoms with Crippen molar-refractivity contribution in [1.29, 1.82) is 0 Å². The molecule has 2 aromatic carbocycles. The molecule has 1 heterocycles. The lowest BCUT2D eigenvalue weighted by Crippen LogP contribution is -2.38. The molecule has 6 heteroatoms. The van der Waals surface area contributed by atoms with Gasteiger partial charge in [0, 0.05) is 31.2 Å². The lowest BCUT2D eigenvalue weighted by molar-refractivity contribution is -0.134. The number of amides is 2. The van der Waals surface area contributed by atoms with Crippen molar-refractivity contribution in [2.24, 2.45) is 0 Å². The summed E-state index contributed by atoms with van der Waals surface area (Å²) in [7, 11) is 0. The van der Waals surface area contributed by atoms with Crippen molar-refractivity contribution in [1.82, 2.24) is 9.80 Å². The van der Waals surface area contributed by atoms with Crippen molar-refractivity contribution in [2.75, 3.05) is 26.3 Å². The number of carbonyl (C=O) groups excluding carboxylic acids is 2. The Bertz CT molecular complexity index is 892. The zero-order valence-electron chi connectivity index (χ0n) is 19.4. The van der Waals surface area contributed by atoms with Crippen LogP contribution in [0.5, 0.6) is 11.5 Å². The van der Waals surface area contributed by atoms with Crippen LogP contribution in [0.25, 0.3) is 0 Å². The molecule has 6 nitrogen and oxygen atoms in total. The maximum absolute atomic E-state index is 13.3. The van der Waals surface area contributed by atoms with Gasteiger partial charge in [-0.05, 0) is 63.8 Å². The summed E-state index contributed by atoms with van der Waals surface area (Å²) in [5, 5.41) is 0. The second-order valence-electron chi connectivity index (χ2n) is 8.34. The number of hydrogen-bond acceptors (Lipinski definition) is 4. The van der Waals surface area contributed by atoms with E-state index in [0.717, 1.165) is 31.5 Å². The van der Waals surface area contributed by atoms with Crippen molar-refractivity contribution < 1.29 is 19.1 Å². The van der Waals surface area contributed by atoms with Gasteiger partial charge in [0.05, 0.1) is 6.61 Å². The number of ether oxygens (including phenoxy) is 2. The standard InChI is InChI=1S/C26H34N2O4/c1-4-31-24-17-22(26(30)28(20(2)3)18-21-11-7-5-8-12-21)13-14-23(24)32-19-25(29)27-15-9-6-10-16-27/h5,7-8,11-14,17,20H,4,6,9-10,15-16,18-19H2,1-3H3. The molecule has 32 heavy (non-hydrogen) atoms. The minimum absolute atomic E-state index is 0.0128. The highest BCUT2D eigenvalue weighted by atomic mass is 16.5. The first-order valence-electron chi connectivity index (χ1n) is 11.5. The van der Waals surface area contributed by atoms with Crippen molar-refractivity contribution in [2.45, 2.75) is 52.6 Å². The molecule has 1 fully saturated rings. The SMILES string of the molecule is CCOc1cc(C(=O)N(Cc2ccccc2)C(C)C)ccc1OCC(=O)N1CCCCC1. The summed E-state index contributed by atoms with van der Waals surface area (Å²) in [4.78, 5) is 29.4. The van der Waals surface area contributed by atoms with Gasteiger partial charge in [-0.25, -0.2) is 0 Å². The molecule has 0 atom stereocenters. The molecule has 1 saturated heterocycles. The van der Waals surface area contributed by atoms with E-state index in [9.17, 15) is 9.59 Å². The number of nitrogens with zero attached hydrogens (tertiary/aromatic N) is 2. The normalized spacial score (nSPS) is 13.7. The number of hydrogen-bond donors (Lipinski definition) is 0. The van der Waals surface area contributed by atoms with Gasteiger partial charge in [0.1, 0.15) is 0 Å². The summed E-state index contributed by atoms with van der Waals surface area (Å²) in [5.74, 6) is 0.878. The van der Waals surface area contributed by atoms with Gasteiger partial charge in [0.25, 0.3) is 11.8 Å². The number of benzene rings is 2. The van der Waals surface area contributed by atoms with Crippen LogP contribution in [0.4, 0.5) is 0 Å². The Hall–Kier alpha value is -3.02. The van der Waals surface area contributed by atoms with Crippen molar-refractivity contribution >= 4 is 11.8 Å². The van der Waals surface area contributed by atoms with Gasteiger partial charge in [-0.3, -0.25) is 9.59 Å². The Morgan fingerprint density at radius 2 is 1.69 bits per heavy atom. The maximum Gasteiger partial charge on any atom is 0.260 e. The number of piperidine rings is 1. The van der Waals surface area contributed by atoms with E-state index in [0.29, 0.717) is 30.2 Å². The smallest absolute Gasteiger partial charge is 0.260 e. The Labute approximate surface area is 191 Å². The van der Waals surface area contributed by atoms with E-state index in [2.05, 4.69) is 0 Å². The molecule has 0 saturated carbocycles. The van der Waals surface area contributed by atoms with Gasteiger partial charge in [-0.15, -0.1) is 0 Å². The third-order valence-corrected chi connectivity index (χ3v) is 5.63. The van der Waals surface area contributed by atoms with E-state index >= 15 is 0 Å². The van der Waals surface area contributed by atoms with Crippen LogP contribution in [0.2, 0.25) is 0 Å². The molecular formula is C26H34N2O4. The Morgan fingerprint density at radius 1 is 0.969 bits per heavy atom. The third-order valence-electron chi connectivity index (χ3n) is 5.63. The summed E-state index contributed by atoms with van der Waals surface area (Å²) < 4.78 is 11.5. The average molecular weight is 439 g/mol. The van der Waals surface area contributed by atoms with Gasteiger partial charge in [0.15, 0.2) is 18.1 Å². The van der Waals surface area contributed by atoms with Crippen LogP contribution in [-0.4, -0.2) is 54.0 Å². The highest BCUT2D eigenvalue weighted by Crippen LogP contribution is 2.30. The fourth-order valence-electron chi connectivity index (χ4n) is 3.84. The van der Waals surface area contributed by atoms with Crippen LogP contribution in [0.3, 0.4) is 0 Å². The molecular weight excluding hydrogens is 404 g/mol. The van der Waals surface area contributed by atoms with Crippen molar-refractivity contribution in [3.05, 3.63) is 59.7 Å².